The monoisotopic (exact) mass is 382 g/mol. The van der Waals surface area contributed by atoms with Gasteiger partial charge >= 0.3 is 0 Å². The van der Waals surface area contributed by atoms with Gasteiger partial charge < -0.3 is 10.6 Å². The zero-order valence-electron chi connectivity index (χ0n) is 13.5. The van der Waals surface area contributed by atoms with Gasteiger partial charge in [0, 0.05) is 22.8 Å². The summed E-state index contributed by atoms with van der Waals surface area (Å²) in [5.74, 6) is 2.35. The molecular weight excluding hydrogens is 364 g/mol. The Kier molecular flexibility index (Phi) is 5.43. The molecular formula is C19H19BrN4. The lowest BCUT2D eigenvalue weighted by Crippen LogP contribution is -2.08. The molecule has 3 rings (SSSR count). The van der Waals surface area contributed by atoms with Crippen LogP contribution < -0.4 is 10.6 Å². The molecule has 0 bridgehead atoms. The summed E-state index contributed by atoms with van der Waals surface area (Å²) in [5.41, 5.74) is 2.30. The van der Waals surface area contributed by atoms with Crippen LogP contribution in [0.5, 0.6) is 0 Å². The maximum Gasteiger partial charge on any atom is 0.136 e. The average Bonchev–Trinajstić information content (AvgIpc) is 2.57. The van der Waals surface area contributed by atoms with Crippen LogP contribution in [0.1, 0.15) is 11.4 Å². The molecule has 1 aromatic heterocycles. The molecule has 24 heavy (non-hydrogen) atoms. The minimum Gasteiger partial charge on any atom is -0.370 e. The summed E-state index contributed by atoms with van der Waals surface area (Å²) in [6, 6.07) is 20.3. The first kappa shape index (κ1) is 16.5. The Bertz CT molecular complexity index is 788. The molecule has 0 amide bonds. The van der Waals surface area contributed by atoms with Gasteiger partial charge in [-0.05, 0) is 43.2 Å². The Morgan fingerprint density at radius 1 is 0.917 bits per heavy atom. The largest absolute Gasteiger partial charge is 0.370 e. The topological polar surface area (TPSA) is 49.8 Å². The highest BCUT2D eigenvalue weighted by molar-refractivity contribution is 9.10. The quantitative estimate of drug-likeness (QED) is 0.633. The molecule has 2 N–H and O–H groups in total. The van der Waals surface area contributed by atoms with E-state index in [1.165, 1.54) is 5.56 Å². The molecule has 0 atom stereocenters. The summed E-state index contributed by atoms with van der Waals surface area (Å²) in [7, 11) is 0. The molecule has 0 fully saturated rings. The van der Waals surface area contributed by atoms with E-state index in [4.69, 9.17) is 0 Å². The fourth-order valence-corrected chi connectivity index (χ4v) is 2.65. The van der Waals surface area contributed by atoms with Crippen molar-refractivity contribution in [2.24, 2.45) is 0 Å². The molecule has 0 aliphatic heterocycles. The zero-order chi connectivity index (χ0) is 16.8. The van der Waals surface area contributed by atoms with Crippen LogP contribution in [0.3, 0.4) is 0 Å². The highest BCUT2D eigenvalue weighted by atomic mass is 79.9. The number of anilines is 3. The first-order valence-electron chi connectivity index (χ1n) is 7.85. The molecule has 0 aliphatic carbocycles. The van der Waals surface area contributed by atoms with Crippen molar-refractivity contribution >= 4 is 33.3 Å². The summed E-state index contributed by atoms with van der Waals surface area (Å²) in [6.45, 7) is 2.73. The predicted molar refractivity (Wildman–Crippen MR) is 103 cm³/mol. The maximum atomic E-state index is 4.45. The molecule has 0 radical (unpaired) electrons. The summed E-state index contributed by atoms with van der Waals surface area (Å²) in [4.78, 5) is 8.89. The van der Waals surface area contributed by atoms with E-state index in [0.29, 0.717) is 0 Å². The van der Waals surface area contributed by atoms with Crippen LogP contribution in [0.25, 0.3) is 0 Å². The van der Waals surface area contributed by atoms with Gasteiger partial charge in [0.05, 0.1) is 0 Å². The van der Waals surface area contributed by atoms with Gasteiger partial charge in [0.25, 0.3) is 0 Å². The van der Waals surface area contributed by atoms with Crippen molar-refractivity contribution in [1.82, 2.24) is 9.97 Å². The lowest BCUT2D eigenvalue weighted by atomic mass is 10.1. The summed E-state index contributed by atoms with van der Waals surface area (Å²) < 4.78 is 1.05. The van der Waals surface area contributed by atoms with Crippen molar-refractivity contribution in [1.29, 1.82) is 0 Å². The van der Waals surface area contributed by atoms with Gasteiger partial charge in [0.2, 0.25) is 0 Å². The van der Waals surface area contributed by atoms with Gasteiger partial charge in [0.1, 0.15) is 17.5 Å². The highest BCUT2D eigenvalue weighted by Gasteiger charge is 2.03. The van der Waals surface area contributed by atoms with Gasteiger partial charge in [-0.15, -0.1) is 0 Å². The lowest BCUT2D eigenvalue weighted by Gasteiger charge is -2.10. The van der Waals surface area contributed by atoms with Gasteiger partial charge in [-0.1, -0.05) is 46.3 Å². The number of halogens is 1. The van der Waals surface area contributed by atoms with Crippen molar-refractivity contribution in [3.8, 4) is 0 Å². The molecule has 0 saturated carbocycles. The Balaban J connectivity index is 1.64. The number of nitrogens with one attached hydrogen (secondary N) is 2. The summed E-state index contributed by atoms with van der Waals surface area (Å²) in [5, 5.41) is 6.68. The molecule has 4 nitrogen and oxygen atoms in total. The third-order valence-electron chi connectivity index (χ3n) is 3.52. The molecule has 0 unspecified atom stereocenters. The van der Waals surface area contributed by atoms with Gasteiger partial charge in [0.15, 0.2) is 0 Å². The number of hydrogen-bond donors (Lipinski definition) is 2. The van der Waals surface area contributed by atoms with Crippen LogP contribution in [0.4, 0.5) is 17.3 Å². The smallest absolute Gasteiger partial charge is 0.136 e. The highest BCUT2D eigenvalue weighted by Crippen LogP contribution is 2.19. The van der Waals surface area contributed by atoms with E-state index in [1.54, 1.807) is 0 Å². The van der Waals surface area contributed by atoms with Crippen molar-refractivity contribution in [2.75, 3.05) is 17.2 Å². The van der Waals surface area contributed by atoms with E-state index in [2.05, 4.69) is 60.8 Å². The van der Waals surface area contributed by atoms with Gasteiger partial charge in [-0.25, -0.2) is 9.97 Å². The van der Waals surface area contributed by atoms with Crippen molar-refractivity contribution in [3.05, 3.63) is 76.5 Å². The van der Waals surface area contributed by atoms with Crippen molar-refractivity contribution < 1.29 is 0 Å². The maximum absolute atomic E-state index is 4.45. The molecule has 3 aromatic rings. The summed E-state index contributed by atoms with van der Waals surface area (Å²) >= 11 is 3.44. The Labute approximate surface area is 150 Å². The number of aromatic nitrogens is 2. The third kappa shape index (κ3) is 4.80. The second-order valence-corrected chi connectivity index (χ2v) is 6.40. The van der Waals surface area contributed by atoms with Crippen LogP contribution in [-0.4, -0.2) is 16.5 Å². The van der Waals surface area contributed by atoms with E-state index in [-0.39, 0.29) is 0 Å². The van der Waals surface area contributed by atoms with Crippen LogP contribution in [-0.2, 0) is 6.42 Å². The molecule has 5 heteroatoms. The molecule has 122 valence electrons. The predicted octanol–water partition coefficient (Wildman–Crippen LogP) is 4.95. The minimum absolute atomic E-state index is 0.735. The fraction of sp³-hybridized carbons (Fsp3) is 0.158. The second-order valence-electron chi connectivity index (χ2n) is 5.48. The number of nitrogens with zero attached hydrogens (tertiary/aromatic N) is 2. The van der Waals surface area contributed by atoms with Crippen molar-refractivity contribution in [2.45, 2.75) is 13.3 Å². The summed E-state index contributed by atoms with van der Waals surface area (Å²) in [6.07, 6.45) is 0.958. The van der Waals surface area contributed by atoms with Crippen LogP contribution in [0, 0.1) is 6.92 Å². The van der Waals surface area contributed by atoms with Crippen molar-refractivity contribution in [3.63, 3.8) is 0 Å². The average molecular weight is 383 g/mol. The first-order valence-corrected chi connectivity index (χ1v) is 8.64. The molecule has 0 aliphatic rings. The van der Waals surface area contributed by atoms with E-state index in [1.807, 2.05) is 43.3 Å². The zero-order valence-corrected chi connectivity index (χ0v) is 15.0. The van der Waals surface area contributed by atoms with E-state index >= 15 is 0 Å². The van der Waals surface area contributed by atoms with Gasteiger partial charge in [-0.2, -0.15) is 0 Å². The molecule has 1 heterocycles. The Morgan fingerprint density at radius 2 is 1.62 bits per heavy atom. The third-order valence-corrected chi connectivity index (χ3v) is 4.05. The lowest BCUT2D eigenvalue weighted by molar-refractivity contribution is 0.983. The number of aryl methyl sites for hydroxylation is 1. The molecule has 0 saturated heterocycles. The minimum atomic E-state index is 0.735. The normalized spacial score (nSPS) is 10.4. The van der Waals surface area contributed by atoms with Crippen LogP contribution in [0.2, 0.25) is 0 Å². The van der Waals surface area contributed by atoms with Gasteiger partial charge in [-0.3, -0.25) is 0 Å². The standard InChI is InChI=1S/C19H19BrN4/c1-14-22-18(21-12-11-15-5-3-2-4-6-15)13-19(23-14)24-17-9-7-16(20)8-10-17/h2-10,13H,11-12H2,1H3,(H2,21,22,23,24). The Hall–Kier alpha value is -2.40. The molecule has 2 aromatic carbocycles. The fourth-order valence-electron chi connectivity index (χ4n) is 2.38. The van der Waals surface area contributed by atoms with Crippen LogP contribution >= 0.6 is 15.9 Å². The first-order chi connectivity index (χ1) is 11.7. The molecule has 0 spiro atoms. The number of benzene rings is 2. The Morgan fingerprint density at radius 3 is 2.38 bits per heavy atom. The number of hydrogen-bond acceptors (Lipinski definition) is 4. The van der Waals surface area contributed by atoms with E-state index < -0.39 is 0 Å². The van der Waals surface area contributed by atoms with E-state index in [9.17, 15) is 0 Å². The second kappa shape index (κ2) is 7.93. The van der Waals surface area contributed by atoms with Crippen LogP contribution in [0.15, 0.2) is 65.1 Å². The van der Waals surface area contributed by atoms with E-state index in [0.717, 1.165) is 40.6 Å². The SMILES string of the molecule is Cc1nc(NCCc2ccccc2)cc(Nc2ccc(Br)cc2)n1. The number of rotatable bonds is 6.